The molecule has 0 radical (unpaired) electrons. The quantitative estimate of drug-likeness (QED) is 0.852. The second kappa shape index (κ2) is 5.34. The molecule has 2 fully saturated rings. The highest BCUT2D eigenvalue weighted by atomic mass is 35.5. The summed E-state index contributed by atoms with van der Waals surface area (Å²) in [7, 11) is 0. The fourth-order valence-electron chi connectivity index (χ4n) is 3.41. The summed E-state index contributed by atoms with van der Waals surface area (Å²) in [5.41, 5.74) is 0.227. The first-order valence-electron chi connectivity index (χ1n) is 7.41. The molecule has 1 saturated carbocycles. The molecule has 2 atom stereocenters. The standard InChI is InChI=1S/C16H19ClN2O2/c1-11-4-2-3-9-16(11)14(20)19(15(21)18-16)10-12-5-7-13(17)8-6-12/h5-8,11H,2-4,9-10H2,1H3,(H,18,21)/t11-,16+/m0/s1. The van der Waals surface area contributed by atoms with Gasteiger partial charge in [0.25, 0.3) is 5.91 Å². The van der Waals surface area contributed by atoms with Crippen LogP contribution in [-0.2, 0) is 11.3 Å². The van der Waals surface area contributed by atoms with Gasteiger partial charge in [0.1, 0.15) is 5.54 Å². The Kier molecular flexibility index (Phi) is 3.66. The number of carbonyl (C=O) groups is 2. The maximum atomic E-state index is 12.8. The minimum absolute atomic E-state index is 0.0744. The van der Waals surface area contributed by atoms with Crippen molar-refractivity contribution >= 4 is 23.5 Å². The number of carbonyl (C=O) groups excluding carboxylic acids is 2. The van der Waals surface area contributed by atoms with E-state index >= 15 is 0 Å². The van der Waals surface area contributed by atoms with E-state index in [0.29, 0.717) is 11.6 Å². The van der Waals surface area contributed by atoms with Crippen molar-refractivity contribution in [1.82, 2.24) is 10.2 Å². The lowest BCUT2D eigenvalue weighted by Gasteiger charge is -2.36. The molecule has 112 valence electrons. The number of nitrogens with zero attached hydrogens (tertiary/aromatic N) is 1. The molecular formula is C16H19ClN2O2. The number of amides is 3. The fourth-order valence-corrected chi connectivity index (χ4v) is 3.54. The first-order chi connectivity index (χ1) is 10.0. The van der Waals surface area contributed by atoms with Gasteiger partial charge in [0, 0.05) is 5.02 Å². The van der Waals surface area contributed by atoms with Crippen molar-refractivity contribution in [2.24, 2.45) is 5.92 Å². The lowest BCUT2D eigenvalue weighted by Crippen LogP contribution is -2.53. The summed E-state index contributed by atoms with van der Waals surface area (Å²) in [5.74, 6) is 0.118. The molecule has 2 aliphatic rings. The number of benzene rings is 1. The number of nitrogens with one attached hydrogen (secondary N) is 1. The Morgan fingerprint density at radius 3 is 2.67 bits per heavy atom. The van der Waals surface area contributed by atoms with Gasteiger partial charge in [-0.25, -0.2) is 4.79 Å². The molecule has 5 heteroatoms. The lowest BCUT2D eigenvalue weighted by atomic mass is 9.73. The van der Waals surface area contributed by atoms with Gasteiger partial charge in [0.2, 0.25) is 0 Å². The number of rotatable bonds is 2. The molecule has 0 aromatic heterocycles. The van der Waals surface area contributed by atoms with Crippen molar-refractivity contribution in [2.45, 2.75) is 44.7 Å². The summed E-state index contributed by atoms with van der Waals surface area (Å²) in [4.78, 5) is 26.4. The largest absolute Gasteiger partial charge is 0.325 e. The van der Waals surface area contributed by atoms with Crippen molar-refractivity contribution in [2.75, 3.05) is 0 Å². The maximum absolute atomic E-state index is 12.8. The van der Waals surface area contributed by atoms with E-state index in [0.717, 1.165) is 31.2 Å². The molecule has 3 amide bonds. The highest BCUT2D eigenvalue weighted by Crippen LogP contribution is 2.38. The van der Waals surface area contributed by atoms with Crippen LogP contribution in [0.25, 0.3) is 0 Å². The summed E-state index contributed by atoms with van der Waals surface area (Å²) in [6.07, 6.45) is 3.85. The Bertz CT molecular complexity index is 572. The van der Waals surface area contributed by atoms with Gasteiger partial charge in [-0.3, -0.25) is 9.69 Å². The Morgan fingerprint density at radius 1 is 1.29 bits per heavy atom. The molecule has 1 N–H and O–H groups in total. The third-order valence-electron chi connectivity index (χ3n) is 4.76. The van der Waals surface area contributed by atoms with Crippen LogP contribution in [0.3, 0.4) is 0 Å². The summed E-state index contributed by atoms with van der Waals surface area (Å²) < 4.78 is 0. The first-order valence-corrected chi connectivity index (χ1v) is 7.79. The van der Waals surface area contributed by atoms with Gasteiger partial charge in [0.15, 0.2) is 0 Å². The van der Waals surface area contributed by atoms with Crippen LogP contribution in [0.1, 0.15) is 38.2 Å². The molecule has 1 aromatic carbocycles. The molecule has 1 aromatic rings. The van der Waals surface area contributed by atoms with E-state index in [1.165, 1.54) is 4.90 Å². The van der Waals surface area contributed by atoms with E-state index in [4.69, 9.17) is 11.6 Å². The van der Waals surface area contributed by atoms with E-state index in [2.05, 4.69) is 12.2 Å². The van der Waals surface area contributed by atoms with Crippen molar-refractivity contribution < 1.29 is 9.59 Å². The van der Waals surface area contributed by atoms with Crippen LogP contribution < -0.4 is 5.32 Å². The van der Waals surface area contributed by atoms with Crippen LogP contribution in [0, 0.1) is 5.92 Å². The molecule has 1 heterocycles. The number of imide groups is 1. The van der Waals surface area contributed by atoms with Crippen molar-refractivity contribution in [1.29, 1.82) is 0 Å². The van der Waals surface area contributed by atoms with E-state index in [9.17, 15) is 9.59 Å². The third-order valence-corrected chi connectivity index (χ3v) is 5.01. The van der Waals surface area contributed by atoms with Crippen LogP contribution in [0.5, 0.6) is 0 Å². The molecule has 1 aliphatic heterocycles. The van der Waals surface area contributed by atoms with Crippen molar-refractivity contribution in [3.05, 3.63) is 34.9 Å². The Hall–Kier alpha value is -1.55. The van der Waals surface area contributed by atoms with Crippen LogP contribution in [0.15, 0.2) is 24.3 Å². The summed E-state index contributed by atoms with van der Waals surface area (Å²) in [5, 5.41) is 3.61. The third kappa shape index (κ3) is 2.42. The zero-order valence-electron chi connectivity index (χ0n) is 12.1. The predicted molar refractivity (Wildman–Crippen MR) is 80.9 cm³/mol. The molecular weight excluding hydrogens is 288 g/mol. The van der Waals surface area contributed by atoms with Crippen LogP contribution >= 0.6 is 11.6 Å². The van der Waals surface area contributed by atoms with E-state index in [1.54, 1.807) is 12.1 Å². The molecule has 0 bridgehead atoms. The molecule has 21 heavy (non-hydrogen) atoms. The summed E-state index contributed by atoms with van der Waals surface area (Å²) in [6, 6.07) is 6.96. The molecule has 1 aliphatic carbocycles. The fraction of sp³-hybridized carbons (Fsp3) is 0.500. The monoisotopic (exact) mass is 306 g/mol. The minimum atomic E-state index is -0.679. The number of halogens is 1. The highest BCUT2D eigenvalue weighted by molar-refractivity contribution is 6.30. The highest BCUT2D eigenvalue weighted by Gasteiger charge is 2.54. The van der Waals surface area contributed by atoms with Gasteiger partial charge in [-0.15, -0.1) is 0 Å². The van der Waals surface area contributed by atoms with Crippen molar-refractivity contribution in [3.63, 3.8) is 0 Å². The van der Waals surface area contributed by atoms with Gasteiger partial charge < -0.3 is 5.32 Å². The second-order valence-electron chi connectivity index (χ2n) is 6.07. The maximum Gasteiger partial charge on any atom is 0.325 e. The normalized spacial score (nSPS) is 29.0. The molecule has 0 unspecified atom stereocenters. The molecule has 1 spiro atoms. The van der Waals surface area contributed by atoms with E-state index in [1.807, 2.05) is 12.1 Å². The van der Waals surface area contributed by atoms with Gasteiger partial charge in [-0.1, -0.05) is 43.5 Å². The predicted octanol–water partition coefficient (Wildman–Crippen LogP) is 3.34. The Morgan fingerprint density at radius 2 is 2.00 bits per heavy atom. The van der Waals surface area contributed by atoms with E-state index < -0.39 is 5.54 Å². The zero-order chi connectivity index (χ0) is 15.0. The number of hydrogen-bond donors (Lipinski definition) is 1. The first kappa shape index (κ1) is 14.4. The average Bonchev–Trinajstić information content (AvgIpc) is 2.70. The van der Waals surface area contributed by atoms with Crippen LogP contribution in [-0.4, -0.2) is 22.4 Å². The topological polar surface area (TPSA) is 49.4 Å². The Balaban J connectivity index is 1.82. The van der Waals surface area contributed by atoms with Gasteiger partial charge in [-0.05, 0) is 36.5 Å². The average molecular weight is 307 g/mol. The van der Waals surface area contributed by atoms with Crippen molar-refractivity contribution in [3.8, 4) is 0 Å². The minimum Gasteiger partial charge on any atom is -0.323 e. The summed E-state index contributed by atoms with van der Waals surface area (Å²) in [6.45, 7) is 2.36. The van der Waals surface area contributed by atoms with E-state index in [-0.39, 0.29) is 17.9 Å². The molecule has 3 rings (SSSR count). The zero-order valence-corrected chi connectivity index (χ0v) is 12.8. The molecule has 1 saturated heterocycles. The van der Waals surface area contributed by atoms with Gasteiger partial charge in [-0.2, -0.15) is 0 Å². The summed E-state index contributed by atoms with van der Waals surface area (Å²) >= 11 is 5.86. The smallest absolute Gasteiger partial charge is 0.323 e. The number of urea groups is 1. The second-order valence-corrected chi connectivity index (χ2v) is 6.50. The van der Waals surface area contributed by atoms with Crippen LogP contribution in [0.4, 0.5) is 4.79 Å². The SMILES string of the molecule is C[C@H]1CCCC[C@@]12NC(=O)N(Cc1ccc(Cl)cc1)C2=O. The molecule has 4 nitrogen and oxygen atoms in total. The Labute approximate surface area is 129 Å². The van der Waals surface area contributed by atoms with Crippen LogP contribution in [0.2, 0.25) is 5.02 Å². The lowest BCUT2D eigenvalue weighted by molar-refractivity contribution is -0.134. The van der Waals surface area contributed by atoms with Gasteiger partial charge >= 0.3 is 6.03 Å². The number of hydrogen-bond acceptors (Lipinski definition) is 2. The van der Waals surface area contributed by atoms with Gasteiger partial charge in [0.05, 0.1) is 6.54 Å².